The Balaban J connectivity index is 0.00000220. The second-order valence-electron chi connectivity index (χ2n) is 4.75. The number of halogens is 1. The number of hydrazone groups is 1. The standard InChI is InChI=1S/C16H17N3O.BrH/c1-13(2)17-18-16(20)15-9-6-10-19(12-15)11-14-7-4-3-5-8-14;/h3-10,12H,11H2,1-2H3;1H. The van der Waals surface area contributed by atoms with E-state index in [1.165, 1.54) is 5.56 Å². The van der Waals surface area contributed by atoms with Crippen LogP contribution in [-0.4, -0.2) is 11.6 Å². The van der Waals surface area contributed by atoms with E-state index in [0.29, 0.717) is 5.56 Å². The molecule has 1 aromatic heterocycles. The molecule has 0 fully saturated rings. The molecule has 0 saturated carbocycles. The van der Waals surface area contributed by atoms with E-state index in [1.54, 1.807) is 6.07 Å². The zero-order chi connectivity index (χ0) is 14.4. The lowest BCUT2D eigenvalue weighted by Crippen LogP contribution is -3.00. The minimum absolute atomic E-state index is 0. The van der Waals surface area contributed by atoms with Crippen molar-refractivity contribution in [2.24, 2.45) is 5.10 Å². The molecular formula is C16H18BrN3O. The summed E-state index contributed by atoms with van der Waals surface area (Å²) in [5, 5.41) is 3.92. The Labute approximate surface area is 135 Å². The van der Waals surface area contributed by atoms with Gasteiger partial charge in [-0.15, -0.1) is 0 Å². The lowest BCUT2D eigenvalue weighted by atomic mass is 10.2. The van der Waals surface area contributed by atoms with Crippen molar-refractivity contribution in [1.82, 2.24) is 5.43 Å². The molecular weight excluding hydrogens is 330 g/mol. The number of rotatable bonds is 4. The highest BCUT2D eigenvalue weighted by Crippen LogP contribution is 1.99. The zero-order valence-electron chi connectivity index (χ0n) is 12.1. The maximum absolute atomic E-state index is 11.9. The Kier molecular flexibility index (Phi) is 6.75. The van der Waals surface area contributed by atoms with Crippen LogP contribution in [0.5, 0.6) is 0 Å². The smallest absolute Gasteiger partial charge is 0.277 e. The largest absolute Gasteiger partial charge is 1.00 e. The van der Waals surface area contributed by atoms with Crippen LogP contribution in [0.2, 0.25) is 0 Å². The van der Waals surface area contributed by atoms with E-state index >= 15 is 0 Å². The maximum atomic E-state index is 11.9. The maximum Gasteiger partial charge on any atom is 0.277 e. The van der Waals surface area contributed by atoms with Crippen LogP contribution in [0.1, 0.15) is 29.8 Å². The van der Waals surface area contributed by atoms with Crippen molar-refractivity contribution in [3.63, 3.8) is 0 Å². The molecule has 1 heterocycles. The van der Waals surface area contributed by atoms with Crippen molar-refractivity contribution >= 4 is 11.6 Å². The number of carbonyl (C=O) groups is 1. The average Bonchev–Trinajstić information content (AvgIpc) is 2.46. The van der Waals surface area contributed by atoms with Crippen LogP contribution in [0.25, 0.3) is 0 Å². The number of benzene rings is 1. The number of aromatic nitrogens is 1. The van der Waals surface area contributed by atoms with Crippen LogP contribution in [0.3, 0.4) is 0 Å². The Morgan fingerprint density at radius 1 is 1.14 bits per heavy atom. The number of pyridine rings is 1. The molecule has 0 spiro atoms. The summed E-state index contributed by atoms with van der Waals surface area (Å²) in [6.07, 6.45) is 3.76. The molecule has 0 radical (unpaired) electrons. The van der Waals surface area contributed by atoms with Gasteiger partial charge in [0, 0.05) is 17.3 Å². The molecule has 0 aliphatic rings. The van der Waals surface area contributed by atoms with Crippen LogP contribution >= 0.6 is 0 Å². The highest BCUT2D eigenvalue weighted by molar-refractivity contribution is 5.94. The number of nitrogens with zero attached hydrogens (tertiary/aromatic N) is 2. The van der Waals surface area contributed by atoms with Crippen LogP contribution < -0.4 is 27.0 Å². The van der Waals surface area contributed by atoms with E-state index < -0.39 is 0 Å². The summed E-state index contributed by atoms with van der Waals surface area (Å²) in [6.45, 7) is 4.40. The fourth-order valence-corrected chi connectivity index (χ4v) is 1.78. The van der Waals surface area contributed by atoms with Gasteiger partial charge in [0.15, 0.2) is 18.9 Å². The fourth-order valence-electron chi connectivity index (χ4n) is 1.78. The molecule has 1 aromatic carbocycles. The number of hydrogen-bond acceptors (Lipinski definition) is 2. The van der Waals surface area contributed by atoms with Gasteiger partial charge in [-0.3, -0.25) is 4.79 Å². The number of amides is 1. The first-order chi connectivity index (χ1) is 9.65. The van der Waals surface area contributed by atoms with Crippen molar-refractivity contribution in [3.8, 4) is 0 Å². The van der Waals surface area contributed by atoms with Gasteiger partial charge in [0.2, 0.25) is 0 Å². The average molecular weight is 348 g/mol. The summed E-state index contributed by atoms with van der Waals surface area (Å²) in [5.41, 5.74) is 5.12. The third-order valence-corrected chi connectivity index (χ3v) is 2.71. The van der Waals surface area contributed by atoms with Crippen LogP contribution in [0, 0.1) is 0 Å². The van der Waals surface area contributed by atoms with Crippen molar-refractivity contribution in [2.75, 3.05) is 0 Å². The lowest BCUT2D eigenvalue weighted by molar-refractivity contribution is -0.688. The second kappa shape index (κ2) is 8.32. The molecule has 0 atom stereocenters. The first kappa shape index (κ1) is 17.0. The van der Waals surface area contributed by atoms with Gasteiger partial charge in [0.1, 0.15) is 5.56 Å². The first-order valence-corrected chi connectivity index (χ1v) is 6.49. The number of hydrogen-bond donors (Lipinski definition) is 1. The third kappa shape index (κ3) is 5.47. The van der Waals surface area contributed by atoms with Gasteiger partial charge in [-0.05, 0) is 19.9 Å². The first-order valence-electron chi connectivity index (χ1n) is 6.49. The Bertz CT molecular complexity index is 622. The van der Waals surface area contributed by atoms with Gasteiger partial charge in [0.25, 0.3) is 5.91 Å². The number of carbonyl (C=O) groups excluding carboxylic acids is 1. The molecule has 0 aliphatic carbocycles. The zero-order valence-corrected chi connectivity index (χ0v) is 13.7. The van der Waals surface area contributed by atoms with Gasteiger partial charge in [-0.2, -0.15) is 9.67 Å². The summed E-state index contributed by atoms with van der Waals surface area (Å²) in [4.78, 5) is 11.9. The van der Waals surface area contributed by atoms with Crippen LogP contribution in [0.4, 0.5) is 0 Å². The fraction of sp³-hybridized carbons (Fsp3) is 0.188. The molecule has 0 aliphatic heterocycles. The Hall–Kier alpha value is -2.01. The third-order valence-electron chi connectivity index (χ3n) is 2.71. The van der Waals surface area contributed by atoms with E-state index in [0.717, 1.165) is 12.3 Å². The van der Waals surface area contributed by atoms with Crippen LogP contribution in [-0.2, 0) is 6.54 Å². The van der Waals surface area contributed by atoms with E-state index in [2.05, 4.69) is 22.7 Å². The van der Waals surface area contributed by atoms with Crippen molar-refractivity contribution in [1.29, 1.82) is 0 Å². The van der Waals surface area contributed by atoms with Crippen molar-refractivity contribution in [3.05, 3.63) is 66.0 Å². The monoisotopic (exact) mass is 347 g/mol. The molecule has 0 bridgehead atoms. The predicted octanol–water partition coefficient (Wildman–Crippen LogP) is -0.848. The summed E-state index contributed by atoms with van der Waals surface area (Å²) in [7, 11) is 0. The van der Waals surface area contributed by atoms with Gasteiger partial charge < -0.3 is 17.0 Å². The Morgan fingerprint density at radius 2 is 1.86 bits per heavy atom. The summed E-state index contributed by atoms with van der Waals surface area (Å²) < 4.78 is 1.98. The quantitative estimate of drug-likeness (QED) is 0.437. The molecule has 2 rings (SSSR count). The molecule has 21 heavy (non-hydrogen) atoms. The summed E-state index contributed by atoms with van der Waals surface area (Å²) >= 11 is 0. The van der Waals surface area contributed by atoms with Crippen molar-refractivity contribution < 1.29 is 26.3 Å². The highest BCUT2D eigenvalue weighted by atomic mass is 79.9. The molecule has 4 nitrogen and oxygen atoms in total. The molecule has 1 amide bonds. The van der Waals surface area contributed by atoms with Gasteiger partial charge in [-0.25, -0.2) is 5.43 Å². The van der Waals surface area contributed by atoms with E-state index in [9.17, 15) is 4.79 Å². The Morgan fingerprint density at radius 3 is 2.52 bits per heavy atom. The van der Waals surface area contributed by atoms with E-state index in [1.807, 2.05) is 55.1 Å². The lowest BCUT2D eigenvalue weighted by Gasteiger charge is -2.01. The summed E-state index contributed by atoms with van der Waals surface area (Å²) in [6, 6.07) is 13.8. The molecule has 2 aromatic rings. The highest BCUT2D eigenvalue weighted by Gasteiger charge is 2.10. The minimum atomic E-state index is -0.200. The van der Waals surface area contributed by atoms with Gasteiger partial charge in [0.05, 0.1) is 0 Å². The van der Waals surface area contributed by atoms with Crippen LogP contribution in [0.15, 0.2) is 60.0 Å². The molecule has 0 unspecified atom stereocenters. The normalized spacial score (nSPS) is 9.43. The summed E-state index contributed by atoms with van der Waals surface area (Å²) in [5.74, 6) is -0.200. The SMILES string of the molecule is CC(C)=NNC(=O)c1ccc[n+](Cc2ccccc2)c1.[Br-]. The van der Waals surface area contributed by atoms with E-state index in [4.69, 9.17) is 0 Å². The van der Waals surface area contributed by atoms with Crippen molar-refractivity contribution in [2.45, 2.75) is 20.4 Å². The van der Waals surface area contributed by atoms with Gasteiger partial charge in [-0.1, -0.05) is 30.3 Å². The van der Waals surface area contributed by atoms with Gasteiger partial charge >= 0.3 is 0 Å². The predicted molar refractivity (Wildman–Crippen MR) is 78.4 cm³/mol. The minimum Gasteiger partial charge on any atom is -1.00 e. The molecule has 1 N–H and O–H groups in total. The molecule has 0 saturated heterocycles. The number of nitrogens with one attached hydrogen (secondary N) is 1. The molecule has 5 heteroatoms. The molecule has 110 valence electrons. The van der Waals surface area contributed by atoms with E-state index in [-0.39, 0.29) is 22.9 Å². The second-order valence-corrected chi connectivity index (χ2v) is 4.75. The topological polar surface area (TPSA) is 45.3 Å².